The summed E-state index contributed by atoms with van der Waals surface area (Å²) in [5.41, 5.74) is 2.02. The normalized spacial score (nSPS) is 20.7. The van der Waals surface area contributed by atoms with Crippen LogP contribution in [-0.4, -0.2) is 29.2 Å². The van der Waals surface area contributed by atoms with E-state index in [0.717, 1.165) is 47.5 Å². The van der Waals surface area contributed by atoms with E-state index in [1.165, 1.54) is 0 Å². The second kappa shape index (κ2) is 9.11. The van der Waals surface area contributed by atoms with Gasteiger partial charge in [-0.15, -0.1) is 0 Å². The lowest BCUT2D eigenvalue weighted by atomic mass is 9.81. The summed E-state index contributed by atoms with van der Waals surface area (Å²) in [5, 5.41) is 2.80. The van der Waals surface area contributed by atoms with E-state index in [-0.39, 0.29) is 36.1 Å². The lowest BCUT2D eigenvalue weighted by Gasteiger charge is -2.19. The quantitative estimate of drug-likeness (QED) is 0.717. The summed E-state index contributed by atoms with van der Waals surface area (Å²) in [6, 6.07) is 17.4. The van der Waals surface area contributed by atoms with E-state index in [1.807, 2.05) is 54.6 Å². The minimum atomic E-state index is -0.320. The molecule has 2 aliphatic rings. The van der Waals surface area contributed by atoms with E-state index in [9.17, 15) is 14.4 Å². The molecule has 4 rings (SSSR count). The fourth-order valence-corrected chi connectivity index (χ4v) is 4.23. The van der Waals surface area contributed by atoms with Crippen LogP contribution in [0.15, 0.2) is 54.6 Å². The lowest BCUT2D eigenvalue weighted by Crippen LogP contribution is -2.40. The maximum absolute atomic E-state index is 12.5. The van der Waals surface area contributed by atoms with Gasteiger partial charge in [-0.05, 0) is 36.1 Å². The number of hydrogen-bond donors (Lipinski definition) is 1. The predicted molar refractivity (Wildman–Crippen MR) is 111 cm³/mol. The van der Waals surface area contributed by atoms with Crippen LogP contribution in [0.2, 0.25) is 0 Å². The summed E-state index contributed by atoms with van der Waals surface area (Å²) >= 11 is 0. The summed E-state index contributed by atoms with van der Waals surface area (Å²) in [6.45, 7) is 0.640. The summed E-state index contributed by atoms with van der Waals surface area (Å²) in [4.78, 5) is 38.4. The molecule has 0 spiro atoms. The lowest BCUT2D eigenvalue weighted by molar-refractivity contribution is -0.143. The first-order chi connectivity index (χ1) is 14.6. The molecule has 1 aliphatic heterocycles. The van der Waals surface area contributed by atoms with Crippen LogP contribution in [0.4, 0.5) is 0 Å². The van der Waals surface area contributed by atoms with Crippen LogP contribution in [0, 0.1) is 11.8 Å². The number of rotatable bonds is 7. The Balaban J connectivity index is 1.25. The van der Waals surface area contributed by atoms with E-state index in [2.05, 4.69) is 5.32 Å². The molecule has 0 radical (unpaired) electrons. The van der Waals surface area contributed by atoms with Gasteiger partial charge in [-0.25, -0.2) is 0 Å². The van der Waals surface area contributed by atoms with Gasteiger partial charge in [0.15, 0.2) is 0 Å². The summed E-state index contributed by atoms with van der Waals surface area (Å²) in [7, 11) is 0. The van der Waals surface area contributed by atoms with E-state index in [4.69, 9.17) is 4.74 Å². The molecule has 156 valence electrons. The van der Waals surface area contributed by atoms with E-state index < -0.39 is 0 Å². The zero-order chi connectivity index (χ0) is 20.9. The molecule has 1 saturated heterocycles. The first-order valence-electron chi connectivity index (χ1n) is 10.5. The Morgan fingerprint density at radius 3 is 2.17 bits per heavy atom. The Kier molecular flexibility index (Phi) is 6.12. The number of fused-ring (bicyclic) bond motifs is 1. The second-order valence-corrected chi connectivity index (χ2v) is 7.96. The van der Waals surface area contributed by atoms with Gasteiger partial charge in [-0.3, -0.25) is 19.3 Å². The van der Waals surface area contributed by atoms with Crippen molar-refractivity contribution in [3.8, 4) is 5.75 Å². The summed E-state index contributed by atoms with van der Waals surface area (Å²) in [5.74, 6) is -0.367. The third-order valence-corrected chi connectivity index (χ3v) is 5.90. The van der Waals surface area contributed by atoms with E-state index in [1.54, 1.807) is 0 Å². The van der Waals surface area contributed by atoms with Gasteiger partial charge in [0.1, 0.15) is 18.9 Å². The number of amides is 3. The third-order valence-electron chi connectivity index (χ3n) is 5.90. The number of nitrogens with zero attached hydrogens (tertiary/aromatic N) is 1. The number of ether oxygens (including phenoxy) is 1. The van der Waals surface area contributed by atoms with Crippen LogP contribution in [-0.2, 0) is 27.5 Å². The van der Waals surface area contributed by atoms with E-state index in [0.29, 0.717) is 13.2 Å². The highest BCUT2D eigenvalue weighted by atomic mass is 16.5. The number of imide groups is 1. The Morgan fingerprint density at radius 2 is 1.53 bits per heavy atom. The molecular weight excluding hydrogens is 380 g/mol. The Hall–Kier alpha value is -3.15. The van der Waals surface area contributed by atoms with Gasteiger partial charge >= 0.3 is 0 Å². The number of nitrogens with one attached hydrogen (secondary N) is 1. The minimum absolute atomic E-state index is 0.181. The number of carbonyl (C=O) groups is 3. The van der Waals surface area contributed by atoms with E-state index >= 15 is 0 Å². The second-order valence-electron chi connectivity index (χ2n) is 7.96. The minimum Gasteiger partial charge on any atom is -0.489 e. The molecule has 1 aliphatic carbocycles. The SMILES string of the molecule is O=C(CN1C(=O)C2CCCCC2C1=O)NCc1ccc(OCc2ccccc2)cc1. The van der Waals surface area contributed by atoms with Crippen molar-refractivity contribution >= 4 is 17.7 Å². The molecule has 2 aromatic rings. The Bertz CT molecular complexity index is 887. The maximum Gasteiger partial charge on any atom is 0.240 e. The number of hydrogen-bond acceptors (Lipinski definition) is 4. The fourth-order valence-electron chi connectivity index (χ4n) is 4.23. The maximum atomic E-state index is 12.5. The largest absolute Gasteiger partial charge is 0.489 e. The van der Waals surface area contributed by atoms with Gasteiger partial charge in [0.05, 0.1) is 11.8 Å². The van der Waals surface area contributed by atoms with Crippen molar-refractivity contribution in [2.45, 2.75) is 38.8 Å². The molecule has 6 nitrogen and oxygen atoms in total. The fraction of sp³-hybridized carbons (Fsp3) is 0.375. The monoisotopic (exact) mass is 406 g/mol. The van der Waals surface area contributed by atoms with Crippen LogP contribution in [0.25, 0.3) is 0 Å². The molecule has 3 amide bonds. The Morgan fingerprint density at radius 1 is 0.900 bits per heavy atom. The van der Waals surface area contributed by atoms with Gasteiger partial charge in [0.2, 0.25) is 17.7 Å². The van der Waals surface area contributed by atoms with Crippen molar-refractivity contribution in [3.05, 3.63) is 65.7 Å². The molecule has 0 bridgehead atoms. The molecule has 2 atom stereocenters. The molecule has 2 fully saturated rings. The third kappa shape index (κ3) is 4.53. The summed E-state index contributed by atoms with van der Waals surface area (Å²) < 4.78 is 5.76. The topological polar surface area (TPSA) is 75.7 Å². The molecule has 6 heteroatoms. The van der Waals surface area contributed by atoms with Gasteiger partial charge < -0.3 is 10.1 Å². The first-order valence-corrected chi connectivity index (χ1v) is 10.5. The van der Waals surface area contributed by atoms with Gasteiger partial charge in [0.25, 0.3) is 0 Å². The van der Waals surface area contributed by atoms with Gasteiger partial charge in [-0.1, -0.05) is 55.3 Å². The molecule has 0 aromatic heterocycles. The smallest absolute Gasteiger partial charge is 0.240 e. The van der Waals surface area contributed by atoms with Crippen LogP contribution in [0.1, 0.15) is 36.8 Å². The molecule has 1 heterocycles. The predicted octanol–water partition coefficient (Wildman–Crippen LogP) is 3.06. The number of likely N-dealkylation sites (tertiary alicyclic amines) is 1. The molecule has 2 aromatic carbocycles. The zero-order valence-electron chi connectivity index (χ0n) is 16.9. The summed E-state index contributed by atoms with van der Waals surface area (Å²) in [6.07, 6.45) is 3.47. The van der Waals surface area contributed by atoms with Crippen LogP contribution in [0.3, 0.4) is 0 Å². The van der Waals surface area contributed by atoms with Crippen molar-refractivity contribution < 1.29 is 19.1 Å². The highest BCUT2D eigenvalue weighted by Crippen LogP contribution is 2.37. The van der Waals surface area contributed by atoms with Crippen molar-refractivity contribution in [3.63, 3.8) is 0 Å². The van der Waals surface area contributed by atoms with Crippen molar-refractivity contribution in [1.82, 2.24) is 10.2 Å². The zero-order valence-corrected chi connectivity index (χ0v) is 16.9. The van der Waals surface area contributed by atoms with Gasteiger partial charge in [-0.2, -0.15) is 0 Å². The Labute approximate surface area is 176 Å². The highest BCUT2D eigenvalue weighted by Gasteiger charge is 2.48. The van der Waals surface area contributed by atoms with Crippen LogP contribution in [0.5, 0.6) is 5.75 Å². The highest BCUT2D eigenvalue weighted by molar-refractivity contribution is 6.07. The molecule has 2 unspecified atom stereocenters. The molecule has 1 saturated carbocycles. The average Bonchev–Trinajstić information content (AvgIpc) is 3.03. The molecule has 1 N–H and O–H groups in total. The number of carbonyl (C=O) groups excluding carboxylic acids is 3. The average molecular weight is 406 g/mol. The standard InChI is InChI=1S/C24H26N2O4/c27-22(15-26-23(28)20-8-4-5-9-21(20)24(26)29)25-14-17-10-12-19(13-11-17)30-16-18-6-2-1-3-7-18/h1-3,6-7,10-13,20-21H,4-5,8-9,14-16H2,(H,25,27). The van der Waals surface area contributed by atoms with Crippen LogP contribution >= 0.6 is 0 Å². The van der Waals surface area contributed by atoms with Crippen molar-refractivity contribution in [2.75, 3.05) is 6.54 Å². The first kappa shape index (κ1) is 20.1. The van der Waals surface area contributed by atoms with Gasteiger partial charge in [0, 0.05) is 6.54 Å². The number of benzene rings is 2. The van der Waals surface area contributed by atoms with Crippen molar-refractivity contribution in [1.29, 1.82) is 0 Å². The van der Waals surface area contributed by atoms with Crippen molar-refractivity contribution in [2.24, 2.45) is 11.8 Å². The van der Waals surface area contributed by atoms with Crippen LogP contribution < -0.4 is 10.1 Å². The molecular formula is C24H26N2O4. The molecule has 30 heavy (non-hydrogen) atoms.